The molecule has 0 spiro atoms. The first-order chi connectivity index (χ1) is 20.7. The van der Waals surface area contributed by atoms with Gasteiger partial charge in [0.15, 0.2) is 6.29 Å². The predicted octanol–water partition coefficient (Wildman–Crippen LogP) is 5.78. The molecule has 3 rings (SSSR count). The highest BCUT2D eigenvalue weighted by Gasteiger charge is 2.36. The van der Waals surface area contributed by atoms with Crippen molar-refractivity contribution in [1.82, 2.24) is 14.9 Å². The van der Waals surface area contributed by atoms with Gasteiger partial charge in [0.2, 0.25) is 0 Å². The van der Waals surface area contributed by atoms with E-state index in [0.29, 0.717) is 31.5 Å². The third-order valence-corrected chi connectivity index (χ3v) is 6.43. The number of hydrogen-bond acceptors (Lipinski definition) is 10. The molecule has 1 aromatic heterocycles. The lowest BCUT2D eigenvalue weighted by atomic mass is 9.99. The molecule has 5 atom stereocenters. The molecule has 1 aliphatic heterocycles. The lowest BCUT2D eigenvalue weighted by Crippen LogP contribution is -2.54. The summed E-state index contributed by atoms with van der Waals surface area (Å²) in [5.41, 5.74) is 9.78. The number of rotatable bonds is 8. The van der Waals surface area contributed by atoms with Gasteiger partial charge in [-0.05, 0) is 46.6 Å². The van der Waals surface area contributed by atoms with Gasteiger partial charge in [-0.1, -0.05) is 58.4 Å². The Hall–Kier alpha value is -2.12. The van der Waals surface area contributed by atoms with Crippen LogP contribution in [0.1, 0.15) is 80.6 Å². The van der Waals surface area contributed by atoms with Gasteiger partial charge in [0.25, 0.3) is 0 Å². The topological polar surface area (TPSA) is 141 Å². The number of thiazole rings is 1. The Bertz CT molecular complexity index is 763. The van der Waals surface area contributed by atoms with Crippen LogP contribution in [0.2, 0.25) is 0 Å². The molecule has 9 nitrogen and oxygen atoms in total. The van der Waals surface area contributed by atoms with Crippen molar-refractivity contribution in [3.63, 3.8) is 0 Å². The van der Waals surface area contributed by atoms with Gasteiger partial charge in [-0.25, -0.2) is 10.2 Å². The van der Waals surface area contributed by atoms with Crippen LogP contribution in [-0.2, 0) is 4.74 Å². The summed E-state index contributed by atoms with van der Waals surface area (Å²) in [6.07, 6.45) is 11.8. The fraction of sp³-hybridized carbons (Fsp3) is 0.656. The largest absolute Gasteiger partial charge is 0.401 e. The number of alkyl halides is 1. The van der Waals surface area contributed by atoms with Crippen molar-refractivity contribution < 1.29 is 24.4 Å². The van der Waals surface area contributed by atoms with E-state index < -0.39 is 19.1 Å². The van der Waals surface area contributed by atoms with E-state index >= 15 is 0 Å². The molecule has 1 aliphatic carbocycles. The number of aromatic nitrogens is 1. The Morgan fingerprint density at radius 3 is 2.23 bits per heavy atom. The van der Waals surface area contributed by atoms with Gasteiger partial charge in [-0.3, -0.25) is 4.98 Å². The summed E-state index contributed by atoms with van der Waals surface area (Å²) in [5, 5.41) is 30.0. The Labute approximate surface area is 266 Å². The number of likely N-dealkylation sites (N-methyl/N-ethyl adjacent to an activating group) is 1. The Morgan fingerprint density at radius 1 is 1.26 bits per heavy atom. The maximum Gasteiger partial charge on any atom is 0.182 e. The molecule has 1 fully saturated rings. The molecule has 1 saturated heterocycles. The number of aliphatic hydroxyl groups is 3. The zero-order valence-electron chi connectivity index (χ0n) is 28.3. The van der Waals surface area contributed by atoms with Crippen LogP contribution in [-0.4, -0.2) is 88.2 Å². The van der Waals surface area contributed by atoms with E-state index in [4.69, 9.17) is 21.4 Å². The number of hydrogen-bond donors (Lipinski definition) is 5. The lowest BCUT2D eigenvalue weighted by Gasteiger charge is -2.40. The van der Waals surface area contributed by atoms with Crippen molar-refractivity contribution in [1.29, 1.82) is 0 Å². The third-order valence-electron chi connectivity index (χ3n) is 5.91. The van der Waals surface area contributed by atoms with Crippen LogP contribution in [0.3, 0.4) is 0 Å². The second-order valence-electron chi connectivity index (χ2n) is 8.88. The molecule has 0 aromatic carbocycles. The summed E-state index contributed by atoms with van der Waals surface area (Å²) >= 11 is 1.60. The maximum atomic E-state index is 12.8. The zero-order valence-corrected chi connectivity index (χ0v) is 29.1. The van der Waals surface area contributed by atoms with Crippen LogP contribution >= 0.6 is 11.3 Å². The van der Waals surface area contributed by atoms with Crippen LogP contribution in [0.25, 0.3) is 0 Å². The monoisotopic (exact) mass is 633 g/mol. The summed E-state index contributed by atoms with van der Waals surface area (Å²) < 4.78 is 18.0. The summed E-state index contributed by atoms with van der Waals surface area (Å²) in [5.74, 6) is 5.78. The van der Waals surface area contributed by atoms with E-state index in [1.54, 1.807) is 29.2 Å². The Morgan fingerprint density at radius 2 is 1.86 bits per heavy atom. The zero-order chi connectivity index (χ0) is 34.2. The molecular weight excluding hydrogens is 569 g/mol. The number of allylic oxidation sites excluding steroid dienone is 4. The Balaban J connectivity index is -0.000000307. The predicted molar refractivity (Wildman–Crippen MR) is 183 cm³/mol. The van der Waals surface area contributed by atoms with Crippen molar-refractivity contribution in [2.24, 2.45) is 11.6 Å². The first-order valence-electron chi connectivity index (χ1n) is 15.1. The molecule has 2 aliphatic rings. The van der Waals surface area contributed by atoms with Gasteiger partial charge in [0.1, 0.15) is 12.8 Å². The molecule has 1 aromatic rings. The summed E-state index contributed by atoms with van der Waals surface area (Å²) in [6, 6.07) is -0.579. The van der Waals surface area contributed by atoms with E-state index in [-0.39, 0.29) is 18.2 Å². The second kappa shape index (κ2) is 34.4. The average molecular weight is 634 g/mol. The quantitative estimate of drug-likeness (QED) is 0.137. The lowest BCUT2D eigenvalue weighted by molar-refractivity contribution is -0.231. The SMILES string of the molecule is C=C.CC.CC.CC1=CC=CCC1.CCC(CF)N(N)/C=C(\N)CCN(C)C1CC(C)OC(O)C1O.CO.c1cscn1. The highest BCUT2D eigenvalue weighted by molar-refractivity contribution is 7.07. The number of nitrogens with zero attached hydrogens (tertiary/aromatic N) is 3. The van der Waals surface area contributed by atoms with E-state index in [1.165, 1.54) is 23.4 Å². The number of hydrazine groups is 1. The van der Waals surface area contributed by atoms with E-state index in [2.05, 4.69) is 43.3 Å². The molecule has 0 radical (unpaired) electrons. The highest BCUT2D eigenvalue weighted by Crippen LogP contribution is 2.22. The molecule has 2 heterocycles. The molecular formula is C32H64FN5O4S. The van der Waals surface area contributed by atoms with Crippen molar-refractivity contribution in [2.75, 3.05) is 27.4 Å². The first-order valence-corrected chi connectivity index (χ1v) is 16.0. The van der Waals surface area contributed by atoms with Crippen LogP contribution in [0.15, 0.2) is 65.9 Å². The summed E-state index contributed by atoms with van der Waals surface area (Å²) in [7, 11) is 2.86. The molecule has 43 heavy (non-hydrogen) atoms. The van der Waals surface area contributed by atoms with Crippen molar-refractivity contribution in [2.45, 2.75) is 111 Å². The molecule has 254 valence electrons. The van der Waals surface area contributed by atoms with Crippen LogP contribution in [0.5, 0.6) is 0 Å². The molecule has 5 unspecified atom stereocenters. The summed E-state index contributed by atoms with van der Waals surface area (Å²) in [4.78, 5) is 5.69. The minimum atomic E-state index is -1.17. The molecule has 0 amide bonds. The van der Waals surface area contributed by atoms with Gasteiger partial charge >= 0.3 is 0 Å². The van der Waals surface area contributed by atoms with Crippen molar-refractivity contribution in [3.05, 3.63) is 65.9 Å². The fourth-order valence-electron chi connectivity index (χ4n) is 3.62. The molecule has 7 N–H and O–H groups in total. The average Bonchev–Trinajstić information content (AvgIpc) is 3.64. The van der Waals surface area contributed by atoms with Gasteiger partial charge < -0.3 is 35.7 Å². The smallest absolute Gasteiger partial charge is 0.182 e. The molecule has 0 saturated carbocycles. The molecule has 11 heteroatoms. The number of ether oxygens (including phenoxy) is 1. The van der Waals surface area contributed by atoms with Crippen molar-refractivity contribution >= 4 is 11.3 Å². The minimum Gasteiger partial charge on any atom is -0.401 e. The van der Waals surface area contributed by atoms with Crippen LogP contribution < -0.4 is 11.6 Å². The second-order valence-corrected chi connectivity index (χ2v) is 9.64. The summed E-state index contributed by atoms with van der Waals surface area (Å²) in [6.45, 7) is 20.0. The number of nitrogens with two attached hydrogens (primary N) is 2. The normalized spacial score (nSPS) is 20.9. The maximum absolute atomic E-state index is 12.8. The van der Waals surface area contributed by atoms with Crippen LogP contribution in [0.4, 0.5) is 4.39 Å². The number of aliphatic hydroxyl groups excluding tert-OH is 3. The standard InChI is InChI=1S/C15H31FN4O3.C7H10.C3H3NS.2C2H6.C2H4.CH4O/c1-4-12(8-16)20(18)9-11(17)5-6-19(3)13-7-10(2)23-15(22)14(13)21;1-7-5-3-2-4-6-7;1-2-5-3-4-1;4*1-2/h9-10,12-15,21-22H,4-8,17-18H2,1-3H3;2-3,5H,4,6H2,1H3;1-3H;2*1-2H3;1-2H2;2H,1H3/b11-9-;;;;;;. The highest BCUT2D eigenvalue weighted by atomic mass is 32.1. The molecule has 0 bridgehead atoms. The van der Waals surface area contributed by atoms with Crippen LogP contribution in [0, 0.1) is 0 Å². The van der Waals surface area contributed by atoms with E-state index in [9.17, 15) is 14.6 Å². The first kappa shape index (κ1) is 47.8. The Kier molecular flexibility index (Phi) is 38.2. The van der Waals surface area contributed by atoms with Gasteiger partial charge in [0, 0.05) is 49.6 Å². The fourth-order valence-corrected chi connectivity index (χ4v) is 3.97. The van der Waals surface area contributed by atoms with Gasteiger partial charge in [-0.15, -0.1) is 24.5 Å². The van der Waals surface area contributed by atoms with E-state index in [1.807, 2.05) is 58.9 Å². The minimum absolute atomic E-state index is 0.122. The van der Waals surface area contributed by atoms with E-state index in [0.717, 1.165) is 7.11 Å². The van der Waals surface area contributed by atoms with Crippen molar-refractivity contribution in [3.8, 4) is 0 Å². The third kappa shape index (κ3) is 25.0. The van der Waals surface area contributed by atoms with Gasteiger partial charge in [-0.2, -0.15) is 0 Å². The van der Waals surface area contributed by atoms with Gasteiger partial charge in [0.05, 0.1) is 17.7 Å². The number of halogens is 1.